The summed E-state index contributed by atoms with van der Waals surface area (Å²) in [5, 5.41) is 11.9. The summed E-state index contributed by atoms with van der Waals surface area (Å²) in [4.78, 5) is 44.6. The minimum atomic E-state index is -1.09. The quantitative estimate of drug-likeness (QED) is 0.195. The summed E-state index contributed by atoms with van der Waals surface area (Å²) >= 11 is 13.3. The molecule has 4 rings (SSSR count). The summed E-state index contributed by atoms with van der Waals surface area (Å²) in [5.41, 5.74) is 1.58. The third kappa shape index (κ3) is 4.34. The van der Waals surface area contributed by atoms with Gasteiger partial charge in [-0.15, -0.1) is 0 Å². The number of benzene rings is 2. The van der Waals surface area contributed by atoms with Gasteiger partial charge in [0.1, 0.15) is 16.4 Å². The first kappa shape index (κ1) is 25.7. The fraction of sp³-hybridized carbons (Fsp3) is 0.200. The zero-order valence-corrected chi connectivity index (χ0v) is 21.9. The van der Waals surface area contributed by atoms with Crippen LogP contribution in [0.25, 0.3) is 5.76 Å². The van der Waals surface area contributed by atoms with Gasteiger partial charge >= 0.3 is 11.9 Å². The topological polar surface area (TPSA) is 106 Å². The van der Waals surface area contributed by atoms with Crippen molar-refractivity contribution in [3.8, 4) is 5.75 Å². The van der Waals surface area contributed by atoms with Crippen molar-refractivity contribution in [2.45, 2.75) is 19.9 Å². The highest BCUT2D eigenvalue weighted by molar-refractivity contribution is 7.17. The molecule has 0 unspecified atom stereocenters. The number of amides is 1. The smallest absolute Gasteiger partial charge is 0.350 e. The van der Waals surface area contributed by atoms with Crippen molar-refractivity contribution >= 4 is 63.1 Å². The van der Waals surface area contributed by atoms with Gasteiger partial charge in [0, 0.05) is 5.56 Å². The molecule has 1 aromatic heterocycles. The molecule has 1 fully saturated rings. The van der Waals surface area contributed by atoms with Gasteiger partial charge in [0.2, 0.25) is 0 Å². The van der Waals surface area contributed by atoms with Gasteiger partial charge < -0.3 is 14.6 Å². The molecule has 2 aromatic carbocycles. The van der Waals surface area contributed by atoms with Crippen LogP contribution in [-0.4, -0.2) is 42.0 Å². The number of anilines is 1. The second kappa shape index (κ2) is 9.93. The van der Waals surface area contributed by atoms with E-state index in [0.717, 1.165) is 16.2 Å². The predicted molar refractivity (Wildman–Crippen MR) is 137 cm³/mol. The van der Waals surface area contributed by atoms with E-state index >= 15 is 0 Å². The summed E-state index contributed by atoms with van der Waals surface area (Å²) in [5.74, 6) is -2.24. The summed E-state index contributed by atoms with van der Waals surface area (Å²) in [6, 6.07) is 8.51. The van der Waals surface area contributed by atoms with Crippen molar-refractivity contribution in [3.63, 3.8) is 0 Å². The van der Waals surface area contributed by atoms with Crippen molar-refractivity contribution < 1.29 is 29.0 Å². The molecule has 186 valence electrons. The van der Waals surface area contributed by atoms with Crippen LogP contribution in [0.2, 0.25) is 10.0 Å². The first-order valence-electron chi connectivity index (χ1n) is 10.6. The van der Waals surface area contributed by atoms with Gasteiger partial charge in [0.25, 0.3) is 5.78 Å². The van der Waals surface area contributed by atoms with Crippen molar-refractivity contribution in [2.24, 2.45) is 0 Å². The predicted octanol–water partition coefficient (Wildman–Crippen LogP) is 5.49. The van der Waals surface area contributed by atoms with Crippen molar-refractivity contribution in [2.75, 3.05) is 19.1 Å². The molecule has 0 saturated carbocycles. The number of Topliss-reactive ketones (excluding diaryl/α,β-unsaturated/α-hetero) is 1. The molecule has 1 saturated heterocycles. The number of hydrogen-bond donors (Lipinski definition) is 1. The maximum Gasteiger partial charge on any atom is 0.350 e. The standard InChI is InChI=1S/C25H20Cl2N2O6S/c1-11-9-14(34-3)6-7-15(11)20(30)18-19(13-5-8-16(26)17(27)10-13)29(23(32)21(18)31)25-28-12(2)22(36-25)24(33)35-4/h5-10,19,30H,1-4H3/t19-/m1/s1. The number of hydrogen-bond acceptors (Lipinski definition) is 8. The molecule has 0 bridgehead atoms. The number of esters is 1. The lowest BCUT2D eigenvalue weighted by atomic mass is 9.94. The second-order valence-electron chi connectivity index (χ2n) is 7.93. The summed E-state index contributed by atoms with van der Waals surface area (Å²) in [7, 11) is 2.75. The van der Waals surface area contributed by atoms with E-state index in [1.54, 1.807) is 38.1 Å². The molecule has 0 aliphatic carbocycles. The van der Waals surface area contributed by atoms with E-state index in [0.29, 0.717) is 28.1 Å². The number of aryl methyl sites for hydroxylation is 2. The van der Waals surface area contributed by atoms with E-state index in [-0.39, 0.29) is 31.4 Å². The molecular weight excluding hydrogens is 527 g/mol. The molecule has 3 aromatic rings. The molecule has 1 amide bonds. The Morgan fingerprint density at radius 2 is 1.81 bits per heavy atom. The maximum absolute atomic E-state index is 13.3. The summed E-state index contributed by atoms with van der Waals surface area (Å²) in [6.45, 7) is 3.34. The summed E-state index contributed by atoms with van der Waals surface area (Å²) < 4.78 is 10.0. The minimum absolute atomic E-state index is 0.0941. The number of halogens is 2. The van der Waals surface area contributed by atoms with Gasteiger partial charge in [-0.05, 0) is 55.3 Å². The van der Waals surface area contributed by atoms with E-state index in [4.69, 9.17) is 32.7 Å². The van der Waals surface area contributed by atoms with Crippen LogP contribution in [-0.2, 0) is 14.3 Å². The second-order valence-corrected chi connectivity index (χ2v) is 9.72. The van der Waals surface area contributed by atoms with Crippen LogP contribution < -0.4 is 9.64 Å². The molecule has 2 heterocycles. The van der Waals surface area contributed by atoms with Crippen LogP contribution in [0.3, 0.4) is 0 Å². The van der Waals surface area contributed by atoms with Gasteiger partial charge in [-0.3, -0.25) is 14.5 Å². The highest BCUT2D eigenvalue weighted by Crippen LogP contribution is 2.45. The zero-order chi connectivity index (χ0) is 26.3. The van der Waals surface area contributed by atoms with E-state index in [2.05, 4.69) is 4.98 Å². The lowest BCUT2D eigenvalue weighted by molar-refractivity contribution is -0.132. The third-order valence-corrected chi connectivity index (χ3v) is 7.63. The lowest BCUT2D eigenvalue weighted by Crippen LogP contribution is -2.29. The normalized spacial score (nSPS) is 16.9. The Balaban J connectivity index is 1.97. The molecule has 1 aliphatic heterocycles. The lowest BCUT2D eigenvalue weighted by Gasteiger charge is -2.23. The monoisotopic (exact) mass is 546 g/mol. The number of ketones is 1. The minimum Gasteiger partial charge on any atom is -0.507 e. The first-order chi connectivity index (χ1) is 17.1. The number of thiazole rings is 1. The molecular formula is C25H20Cl2N2O6S. The molecule has 1 aliphatic rings. The SMILES string of the molecule is COC(=O)c1sc(N2C(=O)C(=O)C(=C(O)c3ccc(OC)cc3C)[C@H]2c2ccc(Cl)c(Cl)c2)nc1C. The van der Waals surface area contributed by atoms with E-state index < -0.39 is 23.7 Å². The molecule has 36 heavy (non-hydrogen) atoms. The molecule has 8 nitrogen and oxygen atoms in total. The van der Waals surface area contributed by atoms with Crippen LogP contribution in [0.4, 0.5) is 5.13 Å². The molecule has 0 radical (unpaired) electrons. The van der Waals surface area contributed by atoms with Gasteiger partial charge in [-0.2, -0.15) is 0 Å². The number of carbonyl (C=O) groups excluding carboxylic acids is 3. The van der Waals surface area contributed by atoms with Gasteiger partial charge in [-0.25, -0.2) is 9.78 Å². The fourth-order valence-corrected chi connectivity index (χ4v) is 5.29. The van der Waals surface area contributed by atoms with Crippen LogP contribution in [0, 0.1) is 13.8 Å². The molecule has 1 N–H and O–H groups in total. The van der Waals surface area contributed by atoms with E-state index in [9.17, 15) is 19.5 Å². The van der Waals surface area contributed by atoms with E-state index in [1.807, 2.05) is 0 Å². The van der Waals surface area contributed by atoms with Crippen LogP contribution in [0.15, 0.2) is 42.0 Å². The average Bonchev–Trinajstić information content (AvgIpc) is 3.36. The van der Waals surface area contributed by atoms with Crippen LogP contribution in [0.5, 0.6) is 5.75 Å². The fourth-order valence-electron chi connectivity index (χ4n) is 3.97. The largest absolute Gasteiger partial charge is 0.507 e. The molecule has 1 atom stereocenters. The molecule has 0 spiro atoms. The Labute approximate surface area is 220 Å². The number of aliphatic hydroxyl groups excluding tert-OH is 1. The Morgan fingerprint density at radius 3 is 2.42 bits per heavy atom. The van der Waals surface area contributed by atoms with E-state index in [1.165, 1.54) is 26.4 Å². The first-order valence-corrected chi connectivity index (χ1v) is 12.1. The number of rotatable bonds is 5. The van der Waals surface area contributed by atoms with Crippen LogP contribution in [0.1, 0.15) is 38.1 Å². The Kier molecular flexibility index (Phi) is 7.08. The highest BCUT2D eigenvalue weighted by Gasteiger charge is 2.48. The van der Waals surface area contributed by atoms with Gasteiger partial charge in [0.05, 0.1) is 41.6 Å². The van der Waals surface area contributed by atoms with Crippen LogP contribution >= 0.6 is 34.5 Å². The average molecular weight is 547 g/mol. The summed E-state index contributed by atoms with van der Waals surface area (Å²) in [6.07, 6.45) is 0. The van der Waals surface area contributed by atoms with Crippen molar-refractivity contribution in [1.29, 1.82) is 0 Å². The Bertz CT molecular complexity index is 1450. The number of nitrogens with zero attached hydrogens (tertiary/aromatic N) is 2. The number of aliphatic hydroxyl groups is 1. The van der Waals surface area contributed by atoms with Gasteiger partial charge in [-0.1, -0.05) is 40.6 Å². The van der Waals surface area contributed by atoms with Gasteiger partial charge in [0.15, 0.2) is 5.13 Å². The third-order valence-electron chi connectivity index (χ3n) is 5.75. The van der Waals surface area contributed by atoms with Crippen molar-refractivity contribution in [1.82, 2.24) is 4.98 Å². The zero-order valence-electron chi connectivity index (χ0n) is 19.6. The number of carbonyl (C=O) groups is 3. The number of aromatic nitrogens is 1. The number of ether oxygens (including phenoxy) is 2. The Hall–Kier alpha value is -3.40. The molecule has 11 heteroatoms. The maximum atomic E-state index is 13.3. The number of methoxy groups -OCH3 is 2. The van der Waals surface area contributed by atoms with Crippen molar-refractivity contribution in [3.05, 3.63) is 79.3 Å². The Morgan fingerprint density at radius 1 is 1.08 bits per heavy atom. The highest BCUT2D eigenvalue weighted by atomic mass is 35.5.